The second kappa shape index (κ2) is 3.08. The minimum Gasteiger partial charge on any atom is -0.377 e. The summed E-state index contributed by atoms with van der Waals surface area (Å²) in [5.74, 6) is 2.68. The second-order valence-corrected chi connectivity index (χ2v) is 3.96. The van der Waals surface area contributed by atoms with Gasteiger partial charge >= 0.3 is 0 Å². The first-order chi connectivity index (χ1) is 5.49. The van der Waals surface area contributed by atoms with Crippen molar-refractivity contribution in [2.24, 2.45) is 5.92 Å². The zero-order valence-electron chi connectivity index (χ0n) is 8.04. The van der Waals surface area contributed by atoms with E-state index in [2.05, 4.69) is 24.8 Å². The highest BCUT2D eigenvalue weighted by atomic mass is 16.3. The Labute approximate surface area is 74.6 Å². The van der Waals surface area contributed by atoms with Crippen molar-refractivity contribution in [2.45, 2.75) is 31.9 Å². The van der Waals surface area contributed by atoms with Crippen molar-refractivity contribution in [1.29, 1.82) is 0 Å². The Bertz CT molecular complexity index is 208. The number of nitrogens with zero attached hydrogens (tertiary/aromatic N) is 1. The third kappa shape index (κ3) is 1.48. The van der Waals surface area contributed by atoms with E-state index in [9.17, 15) is 5.11 Å². The van der Waals surface area contributed by atoms with E-state index in [4.69, 9.17) is 6.42 Å². The normalized spacial score (nSPS) is 43.9. The molecule has 2 heteroatoms. The molecule has 0 aromatic carbocycles. The Balaban J connectivity index is 2.76. The molecule has 12 heavy (non-hydrogen) atoms. The molecule has 68 valence electrons. The first kappa shape index (κ1) is 9.57. The van der Waals surface area contributed by atoms with Crippen LogP contribution >= 0.6 is 0 Å². The Hall–Kier alpha value is -0.520. The van der Waals surface area contributed by atoms with Gasteiger partial charge in [0, 0.05) is 24.9 Å². The lowest BCUT2D eigenvalue weighted by atomic mass is 9.80. The molecule has 0 saturated carbocycles. The Kier molecular flexibility index (Phi) is 2.46. The summed E-state index contributed by atoms with van der Waals surface area (Å²) in [5.41, 5.74) is -0.883. The maximum Gasteiger partial charge on any atom is 0.130 e. The van der Waals surface area contributed by atoms with E-state index in [1.807, 2.05) is 6.92 Å². The predicted molar refractivity (Wildman–Crippen MR) is 49.7 cm³/mol. The van der Waals surface area contributed by atoms with Crippen LogP contribution in [0.3, 0.4) is 0 Å². The van der Waals surface area contributed by atoms with Gasteiger partial charge in [-0.2, -0.15) is 0 Å². The molecule has 0 aliphatic carbocycles. The summed E-state index contributed by atoms with van der Waals surface area (Å²) in [4.78, 5) is 2.23. The average molecular weight is 167 g/mol. The summed E-state index contributed by atoms with van der Waals surface area (Å²) in [6.45, 7) is 4.97. The van der Waals surface area contributed by atoms with E-state index >= 15 is 0 Å². The second-order valence-electron chi connectivity index (χ2n) is 3.96. The predicted octanol–water partition coefficient (Wildman–Crippen LogP) is 0.711. The summed E-state index contributed by atoms with van der Waals surface area (Å²) in [6, 6.07) is 0.377. The van der Waals surface area contributed by atoms with Crippen molar-refractivity contribution < 1.29 is 5.11 Å². The van der Waals surface area contributed by atoms with Gasteiger partial charge in [-0.15, -0.1) is 6.42 Å². The molecule has 1 saturated heterocycles. The molecular formula is C10H17NO. The van der Waals surface area contributed by atoms with Crippen LogP contribution in [0.15, 0.2) is 0 Å². The molecule has 3 atom stereocenters. The highest BCUT2D eigenvalue weighted by Gasteiger charge is 2.39. The zero-order chi connectivity index (χ0) is 9.35. The van der Waals surface area contributed by atoms with Crippen LogP contribution in [0.4, 0.5) is 0 Å². The van der Waals surface area contributed by atoms with Gasteiger partial charge in [-0.3, -0.25) is 0 Å². The van der Waals surface area contributed by atoms with Crippen molar-refractivity contribution in [1.82, 2.24) is 4.90 Å². The molecule has 1 N–H and O–H groups in total. The molecule has 0 aromatic rings. The van der Waals surface area contributed by atoms with Gasteiger partial charge < -0.3 is 10.0 Å². The number of hydrogen-bond acceptors (Lipinski definition) is 2. The maximum atomic E-state index is 9.97. The SMILES string of the molecule is C#C[C@]1(O)C[C@H](C)N(C)C[C@H]1C. The smallest absolute Gasteiger partial charge is 0.130 e. The fraction of sp³-hybridized carbons (Fsp3) is 0.800. The van der Waals surface area contributed by atoms with Gasteiger partial charge in [0.1, 0.15) is 5.60 Å². The van der Waals surface area contributed by atoms with Gasteiger partial charge in [0.15, 0.2) is 0 Å². The Morgan fingerprint density at radius 3 is 2.67 bits per heavy atom. The van der Waals surface area contributed by atoms with Gasteiger partial charge in [0.05, 0.1) is 0 Å². The quantitative estimate of drug-likeness (QED) is 0.537. The summed E-state index contributed by atoms with van der Waals surface area (Å²) in [7, 11) is 2.07. The standard InChI is InChI=1S/C10H17NO/c1-5-10(12)6-9(3)11(4)7-8(10)2/h1,8-9,12H,6-7H2,2-4H3/t8-,9+,10+/m1/s1. The summed E-state index contributed by atoms with van der Waals surface area (Å²) in [6.07, 6.45) is 6.00. The van der Waals surface area contributed by atoms with Crippen molar-refractivity contribution in [3.05, 3.63) is 0 Å². The molecule has 0 aromatic heterocycles. The van der Waals surface area contributed by atoms with Crippen molar-refractivity contribution >= 4 is 0 Å². The minimum absolute atomic E-state index is 0.170. The third-order valence-electron chi connectivity index (χ3n) is 2.99. The van der Waals surface area contributed by atoms with Crippen LogP contribution in [0, 0.1) is 18.3 Å². The van der Waals surface area contributed by atoms with E-state index in [-0.39, 0.29) is 5.92 Å². The lowest BCUT2D eigenvalue weighted by Gasteiger charge is -2.42. The average Bonchev–Trinajstić information content (AvgIpc) is 2.01. The van der Waals surface area contributed by atoms with Crippen LogP contribution in [-0.4, -0.2) is 35.2 Å². The fourth-order valence-electron chi connectivity index (χ4n) is 1.77. The topological polar surface area (TPSA) is 23.5 Å². The molecular weight excluding hydrogens is 150 g/mol. The Morgan fingerprint density at radius 2 is 2.17 bits per heavy atom. The van der Waals surface area contributed by atoms with Gasteiger partial charge in [-0.05, 0) is 14.0 Å². The minimum atomic E-state index is -0.883. The van der Waals surface area contributed by atoms with E-state index in [0.29, 0.717) is 12.5 Å². The largest absolute Gasteiger partial charge is 0.377 e. The van der Waals surface area contributed by atoms with E-state index in [1.54, 1.807) is 0 Å². The summed E-state index contributed by atoms with van der Waals surface area (Å²) in [5, 5.41) is 9.97. The molecule has 1 aliphatic rings. The van der Waals surface area contributed by atoms with E-state index in [0.717, 1.165) is 6.54 Å². The van der Waals surface area contributed by atoms with Crippen molar-refractivity contribution in [3.8, 4) is 12.3 Å². The van der Waals surface area contributed by atoms with Gasteiger partial charge in [0.2, 0.25) is 0 Å². The van der Waals surface area contributed by atoms with Crippen LogP contribution in [0.2, 0.25) is 0 Å². The number of hydrogen-bond donors (Lipinski definition) is 1. The number of likely N-dealkylation sites (tertiary alicyclic amines) is 1. The molecule has 1 aliphatic heterocycles. The number of rotatable bonds is 0. The first-order valence-corrected chi connectivity index (χ1v) is 4.40. The molecule has 1 rings (SSSR count). The van der Waals surface area contributed by atoms with Crippen LogP contribution in [0.25, 0.3) is 0 Å². The molecule has 1 fully saturated rings. The van der Waals surface area contributed by atoms with Crippen molar-refractivity contribution in [3.63, 3.8) is 0 Å². The molecule has 0 amide bonds. The molecule has 0 unspecified atom stereocenters. The summed E-state index contributed by atoms with van der Waals surface area (Å²) < 4.78 is 0. The fourth-order valence-corrected chi connectivity index (χ4v) is 1.77. The number of piperidine rings is 1. The first-order valence-electron chi connectivity index (χ1n) is 4.40. The lowest BCUT2D eigenvalue weighted by Crippen LogP contribution is -2.52. The van der Waals surface area contributed by atoms with Crippen LogP contribution < -0.4 is 0 Å². The van der Waals surface area contributed by atoms with Gasteiger partial charge in [-0.25, -0.2) is 0 Å². The molecule has 0 spiro atoms. The molecule has 1 heterocycles. The molecule has 0 bridgehead atoms. The molecule has 2 nitrogen and oxygen atoms in total. The number of terminal acetylenes is 1. The van der Waals surface area contributed by atoms with Crippen LogP contribution in [0.5, 0.6) is 0 Å². The van der Waals surface area contributed by atoms with E-state index < -0.39 is 5.60 Å². The monoisotopic (exact) mass is 167 g/mol. The van der Waals surface area contributed by atoms with E-state index in [1.165, 1.54) is 0 Å². The summed E-state index contributed by atoms with van der Waals surface area (Å²) >= 11 is 0. The Morgan fingerprint density at radius 1 is 1.58 bits per heavy atom. The highest BCUT2D eigenvalue weighted by Crippen LogP contribution is 2.29. The number of aliphatic hydroxyl groups is 1. The van der Waals surface area contributed by atoms with Crippen LogP contribution in [0.1, 0.15) is 20.3 Å². The van der Waals surface area contributed by atoms with Gasteiger partial charge in [0.25, 0.3) is 0 Å². The van der Waals surface area contributed by atoms with Crippen LogP contribution in [-0.2, 0) is 0 Å². The third-order valence-corrected chi connectivity index (χ3v) is 2.99. The highest BCUT2D eigenvalue weighted by molar-refractivity contribution is 5.13. The zero-order valence-corrected chi connectivity index (χ0v) is 8.04. The maximum absolute atomic E-state index is 9.97. The van der Waals surface area contributed by atoms with Crippen molar-refractivity contribution in [2.75, 3.05) is 13.6 Å². The van der Waals surface area contributed by atoms with Gasteiger partial charge in [-0.1, -0.05) is 12.8 Å². The lowest BCUT2D eigenvalue weighted by molar-refractivity contribution is -0.0345. The molecule has 0 radical (unpaired) electrons.